The molecule has 0 unspecified atom stereocenters. The van der Waals surface area contributed by atoms with Crippen LogP contribution in [0, 0.1) is 10.8 Å². The van der Waals surface area contributed by atoms with E-state index in [0.717, 1.165) is 22.3 Å². The quantitative estimate of drug-likeness (QED) is 0.278. The van der Waals surface area contributed by atoms with Crippen LogP contribution < -0.4 is 0 Å². The summed E-state index contributed by atoms with van der Waals surface area (Å²) in [6.45, 7) is 13.7. The molecule has 1 heteroatoms. The van der Waals surface area contributed by atoms with Gasteiger partial charge < -0.3 is 4.74 Å². The van der Waals surface area contributed by atoms with Crippen molar-refractivity contribution >= 4 is 0 Å². The van der Waals surface area contributed by atoms with E-state index >= 15 is 0 Å². The third kappa shape index (κ3) is 4.34. The Morgan fingerprint density at radius 3 is 0.714 bits per heavy atom. The molecule has 0 aromatic heterocycles. The van der Waals surface area contributed by atoms with E-state index in [1.54, 1.807) is 0 Å². The summed E-state index contributed by atoms with van der Waals surface area (Å²) < 4.78 is 7.90. The van der Waals surface area contributed by atoms with E-state index in [-0.39, 0.29) is 10.8 Å². The molecule has 0 amide bonds. The zero-order valence-corrected chi connectivity index (χ0v) is 22.0. The summed E-state index contributed by atoms with van der Waals surface area (Å²) in [5, 5.41) is 0. The van der Waals surface area contributed by atoms with Crippen molar-refractivity contribution in [2.24, 2.45) is 10.8 Å². The second-order valence-electron chi connectivity index (χ2n) is 11.4. The maximum atomic E-state index is 7.90. The highest BCUT2D eigenvalue weighted by Gasteiger charge is 2.56. The Morgan fingerprint density at radius 2 is 0.543 bits per heavy atom. The van der Waals surface area contributed by atoms with Gasteiger partial charge in [-0.1, -0.05) is 163 Å². The highest BCUT2D eigenvalue weighted by molar-refractivity contribution is 5.44. The van der Waals surface area contributed by atoms with Crippen molar-refractivity contribution in [3.8, 4) is 0 Å². The summed E-state index contributed by atoms with van der Waals surface area (Å²) in [5.74, 6) is 0. The van der Waals surface area contributed by atoms with Gasteiger partial charge in [-0.15, -0.1) is 0 Å². The van der Waals surface area contributed by atoms with E-state index in [4.69, 9.17) is 4.74 Å². The Balaban J connectivity index is 2.15. The molecule has 0 bridgehead atoms. The maximum absolute atomic E-state index is 7.90. The summed E-state index contributed by atoms with van der Waals surface area (Å²) in [7, 11) is 0. The summed E-state index contributed by atoms with van der Waals surface area (Å²) in [4.78, 5) is 0. The SMILES string of the molecule is CC(C)(C)C(OC(c1ccccc1)(c1ccccc1)C(C)(C)C)(c1ccccc1)c1ccccc1. The van der Waals surface area contributed by atoms with Crippen LogP contribution in [0.3, 0.4) is 0 Å². The first-order valence-electron chi connectivity index (χ1n) is 12.6. The van der Waals surface area contributed by atoms with Gasteiger partial charge in [-0.3, -0.25) is 0 Å². The van der Waals surface area contributed by atoms with Gasteiger partial charge >= 0.3 is 0 Å². The van der Waals surface area contributed by atoms with Crippen LogP contribution in [-0.4, -0.2) is 0 Å². The maximum Gasteiger partial charge on any atom is 0.125 e. The third-order valence-electron chi connectivity index (χ3n) is 7.14. The molecule has 0 aliphatic rings. The molecular formula is C34H38O. The van der Waals surface area contributed by atoms with Gasteiger partial charge in [0.1, 0.15) is 11.2 Å². The lowest BCUT2D eigenvalue weighted by molar-refractivity contribution is -0.212. The smallest absolute Gasteiger partial charge is 0.125 e. The zero-order chi connectivity index (χ0) is 25.2. The Hall–Kier alpha value is -3.16. The Labute approximate surface area is 211 Å². The Bertz CT molecular complexity index is 1020. The zero-order valence-electron chi connectivity index (χ0n) is 22.0. The minimum Gasteiger partial charge on any atom is -0.349 e. The van der Waals surface area contributed by atoms with E-state index < -0.39 is 11.2 Å². The number of hydrogen-bond donors (Lipinski definition) is 0. The van der Waals surface area contributed by atoms with Gasteiger partial charge in [-0.25, -0.2) is 0 Å². The van der Waals surface area contributed by atoms with E-state index in [1.807, 2.05) is 0 Å². The van der Waals surface area contributed by atoms with Crippen molar-refractivity contribution in [1.29, 1.82) is 0 Å². The van der Waals surface area contributed by atoms with Crippen molar-refractivity contribution < 1.29 is 4.74 Å². The minimum absolute atomic E-state index is 0.268. The minimum atomic E-state index is -0.728. The van der Waals surface area contributed by atoms with Gasteiger partial charge in [0, 0.05) is 0 Å². The molecule has 0 spiro atoms. The Kier molecular flexibility index (Phi) is 6.75. The van der Waals surface area contributed by atoms with Gasteiger partial charge in [0.2, 0.25) is 0 Å². The average Bonchev–Trinajstić information content (AvgIpc) is 2.85. The molecule has 0 aliphatic heterocycles. The largest absolute Gasteiger partial charge is 0.349 e. The summed E-state index contributed by atoms with van der Waals surface area (Å²) in [5.41, 5.74) is 2.62. The lowest BCUT2D eigenvalue weighted by Gasteiger charge is -2.55. The Morgan fingerprint density at radius 1 is 0.343 bits per heavy atom. The van der Waals surface area contributed by atoms with E-state index in [2.05, 4.69) is 163 Å². The monoisotopic (exact) mass is 462 g/mol. The molecule has 35 heavy (non-hydrogen) atoms. The topological polar surface area (TPSA) is 9.23 Å². The first-order chi connectivity index (χ1) is 16.6. The fraction of sp³-hybridized carbons (Fsp3) is 0.294. The first kappa shape index (κ1) is 24.9. The van der Waals surface area contributed by atoms with Crippen LogP contribution in [0.5, 0.6) is 0 Å². The van der Waals surface area contributed by atoms with Crippen LogP contribution in [0.2, 0.25) is 0 Å². The molecule has 4 rings (SSSR count). The molecule has 0 saturated carbocycles. The number of benzene rings is 4. The van der Waals surface area contributed by atoms with Crippen molar-refractivity contribution in [3.05, 3.63) is 144 Å². The number of rotatable bonds is 6. The fourth-order valence-corrected chi connectivity index (χ4v) is 5.53. The highest BCUT2D eigenvalue weighted by Crippen LogP contribution is 2.58. The predicted molar refractivity (Wildman–Crippen MR) is 147 cm³/mol. The van der Waals surface area contributed by atoms with Crippen molar-refractivity contribution in [2.45, 2.75) is 52.7 Å². The van der Waals surface area contributed by atoms with Crippen LogP contribution in [0.1, 0.15) is 63.8 Å². The summed E-state index contributed by atoms with van der Waals surface area (Å²) >= 11 is 0. The molecule has 0 heterocycles. The van der Waals surface area contributed by atoms with Crippen LogP contribution in [0.25, 0.3) is 0 Å². The summed E-state index contributed by atoms with van der Waals surface area (Å²) in [6.07, 6.45) is 0. The molecule has 0 saturated heterocycles. The standard InChI is InChI=1S/C34H38O/c1-31(2,3)33(27-19-11-7-12-20-27,28-21-13-8-14-22-28)35-34(32(4,5)6,29-23-15-9-16-24-29)30-25-17-10-18-26-30/h7-26H,1-6H3. The van der Waals surface area contributed by atoms with Crippen molar-refractivity contribution in [1.82, 2.24) is 0 Å². The second kappa shape index (κ2) is 9.47. The third-order valence-corrected chi connectivity index (χ3v) is 7.14. The van der Waals surface area contributed by atoms with E-state index in [1.165, 1.54) is 0 Å². The molecule has 0 radical (unpaired) electrons. The lowest BCUT2D eigenvalue weighted by Crippen LogP contribution is -2.54. The molecule has 0 aliphatic carbocycles. The van der Waals surface area contributed by atoms with Gasteiger partial charge in [-0.05, 0) is 33.1 Å². The second-order valence-corrected chi connectivity index (χ2v) is 11.4. The first-order valence-corrected chi connectivity index (χ1v) is 12.6. The van der Waals surface area contributed by atoms with Crippen molar-refractivity contribution in [2.75, 3.05) is 0 Å². The predicted octanol–water partition coefficient (Wildman–Crippen LogP) is 8.98. The number of hydrogen-bond acceptors (Lipinski definition) is 1. The van der Waals surface area contributed by atoms with Crippen LogP contribution >= 0.6 is 0 Å². The normalized spacial score (nSPS) is 13.0. The van der Waals surface area contributed by atoms with Gasteiger partial charge in [0.05, 0.1) is 0 Å². The molecule has 4 aromatic rings. The van der Waals surface area contributed by atoms with Crippen LogP contribution in [0.4, 0.5) is 0 Å². The fourth-order valence-electron chi connectivity index (χ4n) is 5.53. The van der Waals surface area contributed by atoms with Gasteiger partial charge in [0.25, 0.3) is 0 Å². The molecule has 180 valence electrons. The van der Waals surface area contributed by atoms with Gasteiger partial charge in [-0.2, -0.15) is 0 Å². The van der Waals surface area contributed by atoms with Crippen molar-refractivity contribution in [3.63, 3.8) is 0 Å². The van der Waals surface area contributed by atoms with Gasteiger partial charge in [0.15, 0.2) is 0 Å². The summed E-state index contributed by atoms with van der Waals surface area (Å²) in [6, 6.07) is 42.9. The molecule has 0 atom stereocenters. The molecule has 0 N–H and O–H groups in total. The average molecular weight is 463 g/mol. The molecule has 1 nitrogen and oxygen atoms in total. The number of ether oxygens (including phenoxy) is 1. The highest BCUT2D eigenvalue weighted by atomic mass is 16.5. The lowest BCUT2D eigenvalue weighted by atomic mass is 9.64. The van der Waals surface area contributed by atoms with Crippen LogP contribution in [0.15, 0.2) is 121 Å². The van der Waals surface area contributed by atoms with E-state index in [9.17, 15) is 0 Å². The molecule has 0 fully saturated rings. The molecular weight excluding hydrogens is 424 g/mol. The van der Waals surface area contributed by atoms with E-state index in [0.29, 0.717) is 0 Å². The molecule has 4 aromatic carbocycles. The van der Waals surface area contributed by atoms with Crippen LogP contribution in [-0.2, 0) is 15.9 Å².